The molecule has 136 valence electrons. The minimum absolute atomic E-state index is 0.0491. The van der Waals surface area contributed by atoms with Crippen LogP contribution in [0.15, 0.2) is 72.3 Å². The number of anilines is 1. The molecule has 2 N–H and O–H groups in total. The zero-order valence-electron chi connectivity index (χ0n) is 15.8. The Hall–Kier alpha value is -3.46. The molecule has 0 amide bonds. The summed E-state index contributed by atoms with van der Waals surface area (Å²) in [4.78, 5) is 13.4. The second kappa shape index (κ2) is 6.31. The first-order valence-corrected chi connectivity index (χ1v) is 9.57. The summed E-state index contributed by atoms with van der Waals surface area (Å²) in [6, 6.07) is 22.5. The van der Waals surface area contributed by atoms with Crippen LogP contribution in [-0.2, 0) is 13.5 Å². The molecule has 0 fully saturated rings. The maximum absolute atomic E-state index is 13.4. The fourth-order valence-electron chi connectivity index (χ4n) is 4.37. The van der Waals surface area contributed by atoms with E-state index in [1.807, 2.05) is 49.5 Å². The van der Waals surface area contributed by atoms with Crippen LogP contribution in [0.1, 0.15) is 28.0 Å². The molecule has 3 aromatic carbocycles. The van der Waals surface area contributed by atoms with Crippen molar-refractivity contribution in [2.24, 2.45) is 7.05 Å². The van der Waals surface area contributed by atoms with Gasteiger partial charge in [0, 0.05) is 18.1 Å². The molecule has 3 nitrogen and oxygen atoms in total. The van der Waals surface area contributed by atoms with Crippen molar-refractivity contribution < 1.29 is 9.36 Å². The van der Waals surface area contributed by atoms with Crippen LogP contribution < -0.4 is 10.3 Å². The van der Waals surface area contributed by atoms with Gasteiger partial charge in [-0.3, -0.25) is 4.79 Å². The number of hydrogen-bond acceptors (Lipinski definition) is 2. The summed E-state index contributed by atoms with van der Waals surface area (Å²) >= 11 is 0. The average molecular weight is 365 g/mol. The molecule has 3 heteroatoms. The lowest BCUT2D eigenvalue weighted by Gasteiger charge is -2.19. The van der Waals surface area contributed by atoms with Crippen molar-refractivity contribution in [3.8, 4) is 0 Å². The minimum Gasteiger partial charge on any atom is -0.397 e. The van der Waals surface area contributed by atoms with Gasteiger partial charge in [-0.2, -0.15) is 4.57 Å². The summed E-state index contributed by atoms with van der Waals surface area (Å²) in [5, 5.41) is 3.27. The minimum atomic E-state index is 0.0491. The Kier molecular flexibility index (Phi) is 3.76. The van der Waals surface area contributed by atoms with E-state index < -0.39 is 0 Å². The molecule has 0 aliphatic heterocycles. The van der Waals surface area contributed by atoms with E-state index in [2.05, 4.69) is 34.9 Å². The number of allylic oxidation sites excluding steroid dienone is 1. The monoisotopic (exact) mass is 365 g/mol. The number of benzene rings is 3. The number of para-hydroxylation sites is 1. The van der Waals surface area contributed by atoms with E-state index in [0.717, 1.165) is 46.0 Å². The molecule has 5 rings (SSSR count). The quantitative estimate of drug-likeness (QED) is 0.395. The highest BCUT2D eigenvalue weighted by Gasteiger charge is 2.32. The third-order valence-electron chi connectivity index (χ3n) is 5.82. The molecule has 28 heavy (non-hydrogen) atoms. The average Bonchev–Trinajstić information content (AvgIpc) is 2.73. The number of hydrogen-bond donors (Lipinski definition) is 1. The number of ketones is 1. The molecule has 1 aliphatic carbocycles. The number of aromatic nitrogens is 1. The maximum atomic E-state index is 13.4. The van der Waals surface area contributed by atoms with Crippen LogP contribution >= 0.6 is 0 Å². The first-order chi connectivity index (χ1) is 13.6. The topological polar surface area (TPSA) is 47.0 Å². The van der Waals surface area contributed by atoms with Crippen LogP contribution in [0, 0.1) is 0 Å². The number of aryl methyl sites for hydroxylation is 1. The third-order valence-corrected chi connectivity index (χ3v) is 5.82. The first-order valence-electron chi connectivity index (χ1n) is 9.57. The Balaban J connectivity index is 1.69. The number of nitrogen functional groups attached to an aromatic ring is 1. The van der Waals surface area contributed by atoms with Gasteiger partial charge in [0.1, 0.15) is 12.6 Å². The Labute approximate surface area is 163 Å². The normalized spacial score (nSPS) is 15.3. The molecule has 0 saturated heterocycles. The van der Waals surface area contributed by atoms with Crippen molar-refractivity contribution in [1.29, 1.82) is 0 Å². The Bertz CT molecular complexity index is 1300. The SMILES string of the molecule is C[n+]1c2c(c(N)c3ccccc31)C(=O)/C(=C\c1cccc3ccccc13)CC2. The summed E-state index contributed by atoms with van der Waals surface area (Å²) in [6.45, 7) is 0. The van der Waals surface area contributed by atoms with Gasteiger partial charge in [0.05, 0.1) is 11.1 Å². The van der Waals surface area contributed by atoms with Crippen LogP contribution in [0.2, 0.25) is 0 Å². The molecule has 4 aromatic rings. The number of carbonyl (C=O) groups excluding carboxylic acids is 1. The van der Waals surface area contributed by atoms with Crippen LogP contribution in [0.3, 0.4) is 0 Å². The molecular formula is C25H21N2O+. The Morgan fingerprint density at radius 1 is 0.893 bits per heavy atom. The van der Waals surface area contributed by atoms with Gasteiger partial charge in [-0.05, 0) is 34.9 Å². The van der Waals surface area contributed by atoms with Crippen molar-refractivity contribution >= 4 is 39.2 Å². The van der Waals surface area contributed by atoms with Gasteiger partial charge in [0.25, 0.3) is 0 Å². The van der Waals surface area contributed by atoms with Gasteiger partial charge in [0.2, 0.25) is 5.52 Å². The van der Waals surface area contributed by atoms with Gasteiger partial charge in [0.15, 0.2) is 11.5 Å². The van der Waals surface area contributed by atoms with Crippen LogP contribution in [0.4, 0.5) is 5.69 Å². The van der Waals surface area contributed by atoms with Crippen molar-refractivity contribution in [3.05, 3.63) is 89.1 Å². The maximum Gasteiger partial charge on any atom is 0.214 e. The number of pyridine rings is 1. The molecule has 0 spiro atoms. The predicted molar refractivity (Wildman–Crippen MR) is 114 cm³/mol. The van der Waals surface area contributed by atoms with Crippen molar-refractivity contribution in [3.63, 3.8) is 0 Å². The molecule has 0 unspecified atom stereocenters. The summed E-state index contributed by atoms with van der Waals surface area (Å²) in [5.74, 6) is 0.0491. The molecule has 0 bridgehead atoms. The van der Waals surface area contributed by atoms with Gasteiger partial charge < -0.3 is 5.73 Å². The second-order valence-corrected chi connectivity index (χ2v) is 7.38. The van der Waals surface area contributed by atoms with E-state index in [9.17, 15) is 4.79 Å². The van der Waals surface area contributed by atoms with Crippen molar-refractivity contribution in [2.45, 2.75) is 12.8 Å². The molecule has 1 aliphatic rings. The molecule has 1 heterocycles. The summed E-state index contributed by atoms with van der Waals surface area (Å²) in [6.07, 6.45) is 3.58. The van der Waals surface area contributed by atoms with Crippen LogP contribution in [0.5, 0.6) is 0 Å². The van der Waals surface area contributed by atoms with Crippen molar-refractivity contribution in [1.82, 2.24) is 0 Å². The Morgan fingerprint density at radius 3 is 2.46 bits per heavy atom. The third kappa shape index (κ3) is 2.43. The second-order valence-electron chi connectivity index (χ2n) is 7.38. The number of nitrogens with two attached hydrogens (primary N) is 1. The summed E-state index contributed by atoms with van der Waals surface area (Å²) in [7, 11) is 2.02. The molecule has 0 radical (unpaired) electrons. The van der Waals surface area contributed by atoms with Gasteiger partial charge in [-0.1, -0.05) is 54.6 Å². The fourth-order valence-corrected chi connectivity index (χ4v) is 4.37. The Morgan fingerprint density at radius 2 is 1.61 bits per heavy atom. The number of fused-ring (bicyclic) bond motifs is 3. The standard InChI is InChI=1S/C25H20N2O/c1-27-21-12-5-4-11-20(21)24(26)23-22(27)14-13-18(25(23)28)15-17-9-6-8-16-7-2-3-10-19(16)17/h2-12,15,26H,13-14H2,1H3/p+1/b18-15-. The molecule has 1 aromatic heterocycles. The van der Waals surface area contributed by atoms with Gasteiger partial charge in [-0.25, -0.2) is 0 Å². The number of Topliss-reactive ketones (excluding diaryl/α,β-unsaturated/α-hetero) is 1. The highest BCUT2D eigenvalue weighted by atomic mass is 16.1. The molecule has 0 atom stereocenters. The van der Waals surface area contributed by atoms with E-state index in [4.69, 9.17) is 5.73 Å². The van der Waals surface area contributed by atoms with E-state index in [1.165, 1.54) is 5.39 Å². The largest absolute Gasteiger partial charge is 0.397 e. The lowest BCUT2D eigenvalue weighted by atomic mass is 9.86. The van der Waals surface area contributed by atoms with Gasteiger partial charge in [-0.15, -0.1) is 0 Å². The smallest absolute Gasteiger partial charge is 0.214 e. The van der Waals surface area contributed by atoms with Crippen LogP contribution in [0.25, 0.3) is 27.8 Å². The first kappa shape index (κ1) is 16.7. The van der Waals surface area contributed by atoms with E-state index in [0.29, 0.717) is 11.3 Å². The predicted octanol–water partition coefficient (Wildman–Crippen LogP) is 4.61. The van der Waals surface area contributed by atoms with E-state index >= 15 is 0 Å². The highest BCUT2D eigenvalue weighted by molar-refractivity contribution is 6.18. The number of carbonyl (C=O) groups is 1. The number of nitrogens with zero attached hydrogens (tertiary/aromatic N) is 1. The zero-order valence-corrected chi connectivity index (χ0v) is 15.8. The molecule has 0 saturated carbocycles. The lowest BCUT2D eigenvalue weighted by Crippen LogP contribution is -2.39. The van der Waals surface area contributed by atoms with Crippen molar-refractivity contribution in [2.75, 3.05) is 5.73 Å². The highest BCUT2D eigenvalue weighted by Crippen LogP contribution is 2.33. The fraction of sp³-hybridized carbons (Fsp3) is 0.120. The number of rotatable bonds is 1. The summed E-state index contributed by atoms with van der Waals surface area (Å²) in [5.41, 5.74) is 11.7. The van der Waals surface area contributed by atoms with Gasteiger partial charge >= 0.3 is 0 Å². The van der Waals surface area contributed by atoms with E-state index in [-0.39, 0.29) is 5.78 Å². The van der Waals surface area contributed by atoms with Crippen LogP contribution in [-0.4, -0.2) is 5.78 Å². The summed E-state index contributed by atoms with van der Waals surface area (Å²) < 4.78 is 2.12. The zero-order chi connectivity index (χ0) is 19.3. The lowest BCUT2D eigenvalue weighted by molar-refractivity contribution is -0.653. The van der Waals surface area contributed by atoms with E-state index in [1.54, 1.807) is 0 Å². The molecular weight excluding hydrogens is 344 g/mol.